The Morgan fingerprint density at radius 2 is 1.71 bits per heavy atom. The van der Waals surface area contributed by atoms with Gasteiger partial charge in [0.1, 0.15) is 0 Å². The smallest absolute Gasteiger partial charge is 0.372 e. The fraction of sp³-hybridized carbons (Fsp3) is 0.625. The minimum absolute atomic E-state index is 0. The standard InChI is InChI=1S/C8H8F6O2.FH/c1-4(2)5(15)16-3-7(11,12)8(13,14)6(9)10;/h6H,1,3H2,2H3;1H/p-1. The average Bonchev–Trinajstić information content (AvgIpc) is 2.13. The molecule has 0 atom stereocenters. The van der Waals surface area contributed by atoms with E-state index in [1.54, 1.807) is 0 Å². The molecular weight excluding hydrogens is 261 g/mol. The molecule has 0 amide bonds. The fourth-order valence-electron chi connectivity index (χ4n) is 0.535. The molecule has 0 spiro atoms. The van der Waals surface area contributed by atoms with Gasteiger partial charge < -0.3 is 9.44 Å². The largest absolute Gasteiger partial charge is 1.00 e. The van der Waals surface area contributed by atoms with Crippen LogP contribution < -0.4 is 4.70 Å². The number of hydrogen-bond acceptors (Lipinski definition) is 2. The topological polar surface area (TPSA) is 26.3 Å². The van der Waals surface area contributed by atoms with Gasteiger partial charge in [0.25, 0.3) is 0 Å². The SMILES string of the molecule is C=C(C)C(=O)OCC(F)(F)C(F)(F)C(F)F.[F-]. The normalized spacial score (nSPS) is 12.0. The van der Waals surface area contributed by atoms with Crippen molar-refractivity contribution in [2.45, 2.75) is 25.2 Å². The molecule has 0 bridgehead atoms. The number of rotatable bonds is 5. The van der Waals surface area contributed by atoms with Crippen LogP contribution in [0, 0.1) is 0 Å². The summed E-state index contributed by atoms with van der Waals surface area (Å²) >= 11 is 0. The molecule has 0 aromatic rings. The molecule has 0 saturated heterocycles. The van der Waals surface area contributed by atoms with Crippen molar-refractivity contribution in [3.8, 4) is 0 Å². The lowest BCUT2D eigenvalue weighted by Crippen LogP contribution is -3.00. The van der Waals surface area contributed by atoms with E-state index < -0.39 is 30.8 Å². The predicted octanol–water partition coefficient (Wildman–Crippen LogP) is -0.355. The van der Waals surface area contributed by atoms with Gasteiger partial charge in [-0.3, -0.25) is 0 Å². The van der Waals surface area contributed by atoms with Gasteiger partial charge >= 0.3 is 24.2 Å². The lowest BCUT2D eigenvalue weighted by Gasteiger charge is -2.25. The summed E-state index contributed by atoms with van der Waals surface area (Å²) in [5.74, 6) is -12.0. The first-order valence-corrected chi connectivity index (χ1v) is 3.89. The molecule has 9 heteroatoms. The van der Waals surface area contributed by atoms with Crippen LogP contribution >= 0.6 is 0 Å². The van der Waals surface area contributed by atoms with Crippen LogP contribution in [0.3, 0.4) is 0 Å². The average molecular weight is 269 g/mol. The molecule has 0 unspecified atom stereocenters. The summed E-state index contributed by atoms with van der Waals surface area (Å²) in [7, 11) is 0. The molecule has 0 aromatic carbocycles. The Morgan fingerprint density at radius 3 is 2.00 bits per heavy atom. The van der Waals surface area contributed by atoms with Gasteiger partial charge in [-0.25, -0.2) is 13.6 Å². The first-order valence-electron chi connectivity index (χ1n) is 3.89. The maximum atomic E-state index is 12.5. The summed E-state index contributed by atoms with van der Waals surface area (Å²) in [4.78, 5) is 10.6. The second kappa shape index (κ2) is 5.87. The summed E-state index contributed by atoms with van der Waals surface area (Å²) < 4.78 is 76.5. The van der Waals surface area contributed by atoms with Gasteiger partial charge in [0.05, 0.1) is 0 Å². The van der Waals surface area contributed by atoms with Crippen LogP contribution in [0.1, 0.15) is 6.92 Å². The van der Waals surface area contributed by atoms with Gasteiger partial charge in [-0.1, -0.05) is 6.58 Å². The maximum Gasteiger partial charge on any atom is 0.372 e. The lowest BCUT2D eigenvalue weighted by molar-refractivity contribution is -0.276. The van der Waals surface area contributed by atoms with E-state index in [4.69, 9.17) is 0 Å². The zero-order chi connectivity index (χ0) is 13.1. The van der Waals surface area contributed by atoms with E-state index in [1.165, 1.54) is 0 Å². The van der Waals surface area contributed by atoms with Crippen molar-refractivity contribution in [3.05, 3.63) is 12.2 Å². The van der Waals surface area contributed by atoms with Crippen LogP contribution in [-0.4, -0.2) is 30.8 Å². The Hall–Kier alpha value is -1.28. The van der Waals surface area contributed by atoms with Crippen molar-refractivity contribution in [1.82, 2.24) is 0 Å². The van der Waals surface area contributed by atoms with Gasteiger partial charge in [0.15, 0.2) is 6.61 Å². The number of halogens is 7. The predicted molar refractivity (Wildman–Crippen MR) is 41.7 cm³/mol. The highest BCUT2D eigenvalue weighted by molar-refractivity contribution is 5.86. The van der Waals surface area contributed by atoms with Gasteiger partial charge in [-0.15, -0.1) is 0 Å². The summed E-state index contributed by atoms with van der Waals surface area (Å²) in [6.07, 6.45) is -4.55. The molecule has 17 heavy (non-hydrogen) atoms. The third-order valence-electron chi connectivity index (χ3n) is 1.49. The van der Waals surface area contributed by atoms with Gasteiger partial charge in [-0.2, -0.15) is 17.6 Å². The van der Waals surface area contributed by atoms with Gasteiger partial charge in [-0.05, 0) is 6.92 Å². The first-order chi connectivity index (χ1) is 7.02. The molecule has 0 saturated carbocycles. The maximum absolute atomic E-state index is 12.5. The van der Waals surface area contributed by atoms with Crippen LogP contribution in [0.2, 0.25) is 0 Å². The van der Waals surface area contributed by atoms with E-state index in [-0.39, 0.29) is 10.3 Å². The number of esters is 1. The van der Waals surface area contributed by atoms with E-state index >= 15 is 0 Å². The van der Waals surface area contributed by atoms with Crippen molar-refractivity contribution in [3.63, 3.8) is 0 Å². The molecule has 102 valence electrons. The molecule has 0 aliphatic rings. The van der Waals surface area contributed by atoms with Crippen molar-refractivity contribution < 1.29 is 40.6 Å². The van der Waals surface area contributed by atoms with E-state index in [9.17, 15) is 31.1 Å². The van der Waals surface area contributed by atoms with Crippen LogP contribution in [0.25, 0.3) is 0 Å². The summed E-state index contributed by atoms with van der Waals surface area (Å²) in [5.41, 5.74) is -0.309. The Morgan fingerprint density at radius 1 is 1.29 bits per heavy atom. The molecule has 0 radical (unpaired) electrons. The van der Waals surface area contributed by atoms with Crippen LogP contribution in [0.5, 0.6) is 0 Å². The van der Waals surface area contributed by atoms with Gasteiger partial charge in [0, 0.05) is 5.57 Å². The minimum atomic E-state index is -5.55. The summed E-state index contributed by atoms with van der Waals surface area (Å²) in [6.45, 7) is 1.96. The zero-order valence-electron chi connectivity index (χ0n) is 8.45. The third-order valence-corrected chi connectivity index (χ3v) is 1.49. The highest BCUT2D eigenvalue weighted by atomic mass is 19.3. The molecule has 0 heterocycles. The highest BCUT2D eigenvalue weighted by Crippen LogP contribution is 2.39. The summed E-state index contributed by atoms with van der Waals surface area (Å²) in [5, 5.41) is 0. The van der Waals surface area contributed by atoms with Gasteiger partial charge in [0.2, 0.25) is 0 Å². The first kappa shape index (κ1) is 18.1. The van der Waals surface area contributed by atoms with E-state index in [2.05, 4.69) is 11.3 Å². The lowest BCUT2D eigenvalue weighted by atomic mass is 10.2. The molecule has 2 nitrogen and oxygen atoms in total. The molecular formula is C8H8F7O2-. The molecule has 0 fully saturated rings. The van der Waals surface area contributed by atoms with E-state index in [0.29, 0.717) is 0 Å². The summed E-state index contributed by atoms with van der Waals surface area (Å²) in [6, 6.07) is 0. The number of carbonyl (C=O) groups excluding carboxylic acids is 1. The molecule has 0 N–H and O–H groups in total. The minimum Gasteiger partial charge on any atom is -1.00 e. The van der Waals surface area contributed by atoms with Crippen LogP contribution in [0.4, 0.5) is 26.3 Å². The quantitative estimate of drug-likeness (QED) is 0.387. The van der Waals surface area contributed by atoms with E-state index in [0.717, 1.165) is 6.92 Å². The second-order valence-corrected chi connectivity index (χ2v) is 2.98. The van der Waals surface area contributed by atoms with Crippen molar-refractivity contribution >= 4 is 5.97 Å². The van der Waals surface area contributed by atoms with Crippen molar-refractivity contribution in [1.29, 1.82) is 0 Å². The Labute approximate surface area is 91.6 Å². The number of hydrogen-bond donors (Lipinski definition) is 0. The van der Waals surface area contributed by atoms with Crippen LogP contribution in [0.15, 0.2) is 12.2 Å². The number of alkyl halides is 6. The molecule has 0 aliphatic carbocycles. The van der Waals surface area contributed by atoms with Crippen LogP contribution in [-0.2, 0) is 9.53 Å². The molecule has 0 aliphatic heterocycles. The van der Waals surface area contributed by atoms with Crippen molar-refractivity contribution in [2.24, 2.45) is 0 Å². The van der Waals surface area contributed by atoms with E-state index in [1.807, 2.05) is 0 Å². The van der Waals surface area contributed by atoms with Crippen molar-refractivity contribution in [2.75, 3.05) is 6.61 Å². The third kappa shape index (κ3) is 4.23. The molecule has 0 rings (SSSR count). The Balaban J connectivity index is 0. The number of ether oxygens (including phenoxy) is 1. The Kier molecular flexibility index (Phi) is 6.25. The zero-order valence-corrected chi connectivity index (χ0v) is 8.45. The number of carbonyl (C=O) groups is 1. The fourth-order valence-corrected chi connectivity index (χ4v) is 0.535. The highest BCUT2D eigenvalue weighted by Gasteiger charge is 2.63. The molecule has 0 aromatic heterocycles. The second-order valence-electron chi connectivity index (χ2n) is 2.98. The monoisotopic (exact) mass is 269 g/mol. The Bertz CT molecular complexity index is 288.